The van der Waals surface area contributed by atoms with Crippen LogP contribution in [0.2, 0.25) is 0 Å². The van der Waals surface area contributed by atoms with E-state index in [4.69, 9.17) is 4.74 Å². The number of hydrogen-bond acceptors (Lipinski definition) is 5. The van der Waals surface area contributed by atoms with Gasteiger partial charge in [-0.2, -0.15) is 0 Å². The molecule has 1 N–H and O–H groups in total. The van der Waals surface area contributed by atoms with Gasteiger partial charge in [-0.25, -0.2) is 9.97 Å². The molecule has 0 atom stereocenters. The van der Waals surface area contributed by atoms with Gasteiger partial charge in [-0.1, -0.05) is 37.7 Å². The lowest BCUT2D eigenvalue weighted by molar-refractivity contribution is 0.400. The topological polar surface area (TPSA) is 47.0 Å². The summed E-state index contributed by atoms with van der Waals surface area (Å²) in [4.78, 5) is 9.69. The quantitative estimate of drug-likeness (QED) is 0.811. The van der Waals surface area contributed by atoms with Crippen molar-refractivity contribution in [3.05, 3.63) is 36.2 Å². The molecule has 1 aromatic heterocycles. The van der Waals surface area contributed by atoms with Gasteiger partial charge >= 0.3 is 0 Å². The van der Waals surface area contributed by atoms with Gasteiger partial charge in [-0.05, 0) is 30.5 Å². The Labute approximate surface area is 130 Å². The minimum absolute atomic E-state index is 0.540. The summed E-state index contributed by atoms with van der Waals surface area (Å²) in [5.41, 5.74) is 1.34. The number of hydrogen-bond donors (Lipinski definition) is 1. The molecule has 0 aliphatic heterocycles. The number of rotatable bonds is 6. The molecule has 0 fully saturated rings. The zero-order valence-corrected chi connectivity index (χ0v) is 13.7. The highest BCUT2D eigenvalue weighted by Gasteiger charge is 2.13. The molecule has 0 aliphatic rings. The van der Waals surface area contributed by atoms with Crippen LogP contribution in [0.4, 0.5) is 5.82 Å². The molecule has 0 unspecified atom stereocenters. The molecule has 1 aromatic carbocycles. The lowest BCUT2D eigenvalue weighted by atomic mass is 10.0. The number of methoxy groups -OCH3 is 1. The van der Waals surface area contributed by atoms with Crippen molar-refractivity contribution < 1.29 is 4.74 Å². The van der Waals surface area contributed by atoms with Gasteiger partial charge in [0, 0.05) is 11.4 Å². The molecule has 1 heterocycles. The summed E-state index contributed by atoms with van der Waals surface area (Å²) < 4.78 is 5.45. The second kappa shape index (κ2) is 7.31. The smallest absolute Gasteiger partial charge is 0.194 e. The summed E-state index contributed by atoms with van der Waals surface area (Å²) in [5, 5.41) is 4.01. The number of anilines is 1. The van der Waals surface area contributed by atoms with Crippen LogP contribution in [0.5, 0.6) is 5.75 Å². The van der Waals surface area contributed by atoms with Crippen LogP contribution in [0.15, 0.2) is 40.5 Å². The fraction of sp³-hybridized carbons (Fsp3) is 0.375. The first kappa shape index (κ1) is 15.6. The first-order valence-corrected chi connectivity index (χ1v) is 7.88. The van der Waals surface area contributed by atoms with Crippen LogP contribution in [0, 0.1) is 0 Å². The molecular formula is C16H21N3OS. The standard InChI is InChI=1S/C16H21N3OS/c1-5-17-15-14(20-4)16(19-10-18-15)21-13-8-6-12(7-9-13)11(2)3/h6-11H,5H2,1-4H3,(H,17,18,19). The van der Waals surface area contributed by atoms with Crippen molar-refractivity contribution in [2.24, 2.45) is 0 Å². The van der Waals surface area contributed by atoms with Gasteiger partial charge in [0.15, 0.2) is 11.6 Å². The highest BCUT2D eigenvalue weighted by molar-refractivity contribution is 7.99. The molecule has 4 nitrogen and oxygen atoms in total. The SMILES string of the molecule is CCNc1ncnc(Sc2ccc(C(C)C)cc2)c1OC. The molecule has 2 rings (SSSR count). The zero-order chi connectivity index (χ0) is 15.2. The Kier molecular flexibility index (Phi) is 5.44. The molecular weight excluding hydrogens is 282 g/mol. The number of nitrogens with zero attached hydrogens (tertiary/aromatic N) is 2. The summed E-state index contributed by atoms with van der Waals surface area (Å²) >= 11 is 1.58. The molecule has 0 spiro atoms. The predicted octanol–water partition coefficient (Wildman–Crippen LogP) is 4.19. The van der Waals surface area contributed by atoms with E-state index in [9.17, 15) is 0 Å². The molecule has 5 heteroatoms. The van der Waals surface area contributed by atoms with Crippen molar-refractivity contribution in [1.29, 1.82) is 0 Å². The lowest BCUT2D eigenvalue weighted by Crippen LogP contribution is -2.03. The highest BCUT2D eigenvalue weighted by atomic mass is 32.2. The van der Waals surface area contributed by atoms with Crippen molar-refractivity contribution in [2.45, 2.75) is 36.6 Å². The van der Waals surface area contributed by atoms with Gasteiger partial charge in [-0.15, -0.1) is 0 Å². The van der Waals surface area contributed by atoms with Crippen LogP contribution in [-0.2, 0) is 0 Å². The molecule has 112 valence electrons. The van der Waals surface area contributed by atoms with Gasteiger partial charge in [0.1, 0.15) is 11.4 Å². The van der Waals surface area contributed by atoms with Crippen molar-refractivity contribution in [3.8, 4) is 5.75 Å². The molecule has 0 amide bonds. The summed E-state index contributed by atoms with van der Waals surface area (Å²) in [6, 6.07) is 8.56. The Bertz CT molecular complexity index is 585. The van der Waals surface area contributed by atoms with Gasteiger partial charge in [-0.3, -0.25) is 0 Å². The van der Waals surface area contributed by atoms with E-state index in [0.29, 0.717) is 11.7 Å². The van der Waals surface area contributed by atoms with Crippen LogP contribution in [0.1, 0.15) is 32.3 Å². The second-order valence-electron chi connectivity index (χ2n) is 4.92. The maximum Gasteiger partial charge on any atom is 0.194 e. The van der Waals surface area contributed by atoms with E-state index in [0.717, 1.165) is 22.3 Å². The van der Waals surface area contributed by atoms with E-state index in [1.54, 1.807) is 25.2 Å². The fourth-order valence-corrected chi connectivity index (χ4v) is 2.81. The number of nitrogens with one attached hydrogen (secondary N) is 1. The Morgan fingerprint density at radius 1 is 1.19 bits per heavy atom. The average molecular weight is 303 g/mol. The summed E-state index contributed by atoms with van der Waals surface area (Å²) in [5.74, 6) is 1.96. The summed E-state index contributed by atoms with van der Waals surface area (Å²) in [7, 11) is 1.64. The van der Waals surface area contributed by atoms with Crippen LogP contribution >= 0.6 is 11.8 Å². The largest absolute Gasteiger partial charge is 0.490 e. The second-order valence-corrected chi connectivity index (χ2v) is 5.98. The molecule has 2 aromatic rings. The number of ether oxygens (including phenoxy) is 1. The van der Waals surface area contributed by atoms with Gasteiger partial charge in [0.2, 0.25) is 0 Å². The zero-order valence-electron chi connectivity index (χ0n) is 12.9. The fourth-order valence-electron chi connectivity index (χ4n) is 1.94. The molecule has 21 heavy (non-hydrogen) atoms. The third-order valence-electron chi connectivity index (χ3n) is 3.08. The van der Waals surface area contributed by atoms with E-state index in [1.165, 1.54) is 5.56 Å². The first-order chi connectivity index (χ1) is 10.2. The van der Waals surface area contributed by atoms with E-state index in [2.05, 4.69) is 53.4 Å². The monoisotopic (exact) mass is 303 g/mol. The Morgan fingerprint density at radius 3 is 2.48 bits per heavy atom. The van der Waals surface area contributed by atoms with Gasteiger partial charge in [0.05, 0.1) is 7.11 Å². The maximum atomic E-state index is 5.45. The van der Waals surface area contributed by atoms with E-state index in [-0.39, 0.29) is 0 Å². The molecule has 0 saturated heterocycles. The molecule has 0 saturated carbocycles. The maximum absolute atomic E-state index is 5.45. The van der Waals surface area contributed by atoms with Crippen LogP contribution in [0.25, 0.3) is 0 Å². The first-order valence-electron chi connectivity index (χ1n) is 7.06. The van der Waals surface area contributed by atoms with Crippen molar-refractivity contribution in [3.63, 3.8) is 0 Å². The third kappa shape index (κ3) is 3.88. The lowest BCUT2D eigenvalue weighted by Gasteiger charge is -2.12. The molecule has 0 bridgehead atoms. The summed E-state index contributed by atoms with van der Waals surface area (Å²) in [6.45, 7) is 7.20. The number of aromatic nitrogens is 2. The van der Waals surface area contributed by atoms with Gasteiger partial charge < -0.3 is 10.1 Å². The van der Waals surface area contributed by atoms with E-state index < -0.39 is 0 Å². The number of benzene rings is 1. The van der Waals surface area contributed by atoms with Crippen LogP contribution in [-0.4, -0.2) is 23.6 Å². The van der Waals surface area contributed by atoms with Gasteiger partial charge in [0.25, 0.3) is 0 Å². The third-order valence-corrected chi connectivity index (χ3v) is 4.07. The summed E-state index contributed by atoms with van der Waals surface area (Å²) in [6.07, 6.45) is 1.56. The van der Waals surface area contributed by atoms with Crippen molar-refractivity contribution in [2.75, 3.05) is 19.0 Å². The average Bonchev–Trinajstić information content (AvgIpc) is 2.48. The minimum Gasteiger partial charge on any atom is -0.490 e. The van der Waals surface area contributed by atoms with E-state index >= 15 is 0 Å². The Balaban J connectivity index is 2.24. The van der Waals surface area contributed by atoms with Crippen molar-refractivity contribution >= 4 is 17.6 Å². The van der Waals surface area contributed by atoms with Crippen LogP contribution in [0.3, 0.4) is 0 Å². The highest BCUT2D eigenvalue weighted by Crippen LogP contribution is 2.36. The predicted molar refractivity (Wildman–Crippen MR) is 87.4 cm³/mol. The van der Waals surface area contributed by atoms with E-state index in [1.807, 2.05) is 6.92 Å². The minimum atomic E-state index is 0.540. The van der Waals surface area contributed by atoms with Crippen molar-refractivity contribution in [1.82, 2.24) is 9.97 Å². The molecule has 0 radical (unpaired) electrons. The Hall–Kier alpha value is -1.75. The molecule has 0 aliphatic carbocycles. The van der Waals surface area contributed by atoms with Crippen LogP contribution < -0.4 is 10.1 Å². The Morgan fingerprint density at radius 2 is 1.90 bits per heavy atom. The normalized spacial score (nSPS) is 10.7.